The Kier molecular flexibility index (Phi) is 5.26. The molecule has 1 saturated heterocycles. The van der Waals surface area contributed by atoms with Gasteiger partial charge >= 0.3 is 0 Å². The Morgan fingerprint density at radius 1 is 1.04 bits per heavy atom. The van der Waals surface area contributed by atoms with Gasteiger partial charge < -0.3 is 5.32 Å². The molecule has 0 saturated carbocycles. The van der Waals surface area contributed by atoms with Crippen LogP contribution in [-0.4, -0.2) is 26.2 Å². The van der Waals surface area contributed by atoms with Crippen molar-refractivity contribution >= 4 is 27.3 Å². The third-order valence-corrected chi connectivity index (χ3v) is 5.76. The third kappa shape index (κ3) is 4.21. The van der Waals surface area contributed by atoms with Gasteiger partial charge in [0.2, 0.25) is 5.91 Å². The van der Waals surface area contributed by atoms with Crippen molar-refractivity contribution in [3.05, 3.63) is 59.7 Å². The minimum Gasteiger partial charge on any atom is -0.326 e. The molecule has 0 bridgehead atoms. The fourth-order valence-corrected chi connectivity index (χ4v) is 4.48. The molecule has 0 aliphatic carbocycles. The van der Waals surface area contributed by atoms with Gasteiger partial charge in [-0.15, -0.1) is 0 Å². The SMILES string of the molecule is Cc1cc(C)cc(NS(=O)(=O)C2NNCC2C(=O)Nc2ccccc2)c1. The number of amides is 1. The van der Waals surface area contributed by atoms with Gasteiger partial charge in [-0.25, -0.2) is 13.8 Å². The van der Waals surface area contributed by atoms with Crippen LogP contribution in [0, 0.1) is 19.8 Å². The summed E-state index contributed by atoms with van der Waals surface area (Å²) in [6.07, 6.45) is 0. The molecule has 1 aliphatic heterocycles. The summed E-state index contributed by atoms with van der Waals surface area (Å²) in [4.78, 5) is 12.5. The molecule has 7 nitrogen and oxygen atoms in total. The summed E-state index contributed by atoms with van der Waals surface area (Å²) < 4.78 is 28.2. The second-order valence-corrected chi connectivity index (χ2v) is 8.23. The zero-order chi connectivity index (χ0) is 18.7. The van der Waals surface area contributed by atoms with E-state index in [0.29, 0.717) is 11.4 Å². The Balaban J connectivity index is 1.76. The summed E-state index contributed by atoms with van der Waals surface area (Å²) in [7, 11) is -3.82. The number of para-hydroxylation sites is 1. The molecular weight excluding hydrogens is 352 g/mol. The van der Waals surface area contributed by atoms with Crippen LogP contribution in [0.15, 0.2) is 48.5 Å². The molecule has 2 unspecified atom stereocenters. The summed E-state index contributed by atoms with van der Waals surface area (Å²) in [5.74, 6) is -1.12. The van der Waals surface area contributed by atoms with E-state index in [1.165, 1.54) is 0 Å². The summed E-state index contributed by atoms with van der Waals surface area (Å²) >= 11 is 0. The van der Waals surface area contributed by atoms with Gasteiger partial charge in [0.15, 0.2) is 5.37 Å². The second-order valence-electron chi connectivity index (χ2n) is 6.43. The molecule has 1 aliphatic rings. The van der Waals surface area contributed by atoms with Crippen LogP contribution >= 0.6 is 0 Å². The van der Waals surface area contributed by atoms with Crippen molar-refractivity contribution < 1.29 is 13.2 Å². The number of nitrogens with one attached hydrogen (secondary N) is 4. The van der Waals surface area contributed by atoms with Gasteiger partial charge in [-0.05, 0) is 49.2 Å². The van der Waals surface area contributed by atoms with Crippen molar-refractivity contribution in [2.75, 3.05) is 16.6 Å². The maximum atomic E-state index is 12.8. The normalized spacial score (nSPS) is 19.9. The molecule has 1 heterocycles. The Bertz CT molecular complexity index is 880. The minimum absolute atomic E-state index is 0.219. The van der Waals surface area contributed by atoms with Gasteiger partial charge in [0.1, 0.15) is 0 Å². The summed E-state index contributed by atoms with van der Waals surface area (Å²) in [5, 5.41) is 1.68. The Morgan fingerprint density at radius 3 is 2.35 bits per heavy atom. The number of benzene rings is 2. The number of carbonyl (C=O) groups is 1. The monoisotopic (exact) mass is 374 g/mol. The second kappa shape index (κ2) is 7.45. The molecular formula is C18H22N4O3S. The maximum Gasteiger partial charge on any atom is 0.250 e. The average molecular weight is 374 g/mol. The third-order valence-electron chi connectivity index (χ3n) is 4.13. The molecule has 26 heavy (non-hydrogen) atoms. The van der Waals surface area contributed by atoms with Crippen molar-refractivity contribution in [1.29, 1.82) is 0 Å². The number of rotatable bonds is 5. The van der Waals surface area contributed by atoms with E-state index in [9.17, 15) is 13.2 Å². The molecule has 1 fully saturated rings. The number of hydrazine groups is 1. The van der Waals surface area contributed by atoms with Crippen molar-refractivity contribution in [3.63, 3.8) is 0 Å². The number of aryl methyl sites for hydroxylation is 2. The van der Waals surface area contributed by atoms with Crippen LogP contribution in [0.5, 0.6) is 0 Å². The van der Waals surface area contributed by atoms with Gasteiger partial charge in [0.05, 0.1) is 5.92 Å². The van der Waals surface area contributed by atoms with Crippen LogP contribution in [0.2, 0.25) is 0 Å². The van der Waals surface area contributed by atoms with Crippen LogP contribution in [-0.2, 0) is 14.8 Å². The number of hydrogen-bond acceptors (Lipinski definition) is 5. The highest BCUT2D eigenvalue weighted by Crippen LogP contribution is 2.21. The number of sulfonamides is 1. The van der Waals surface area contributed by atoms with E-state index >= 15 is 0 Å². The first-order valence-corrected chi connectivity index (χ1v) is 9.84. The van der Waals surface area contributed by atoms with E-state index in [2.05, 4.69) is 20.9 Å². The van der Waals surface area contributed by atoms with Crippen molar-refractivity contribution in [1.82, 2.24) is 10.9 Å². The largest absolute Gasteiger partial charge is 0.326 e. The number of anilines is 2. The highest BCUT2D eigenvalue weighted by molar-refractivity contribution is 7.93. The molecule has 2 aromatic carbocycles. The molecule has 2 aromatic rings. The zero-order valence-electron chi connectivity index (χ0n) is 14.6. The predicted molar refractivity (Wildman–Crippen MR) is 102 cm³/mol. The van der Waals surface area contributed by atoms with E-state index < -0.39 is 21.3 Å². The first-order valence-electron chi connectivity index (χ1n) is 8.29. The van der Waals surface area contributed by atoms with Crippen LogP contribution in [0.3, 0.4) is 0 Å². The fraction of sp³-hybridized carbons (Fsp3) is 0.278. The van der Waals surface area contributed by atoms with Gasteiger partial charge in [-0.3, -0.25) is 14.9 Å². The van der Waals surface area contributed by atoms with E-state index in [0.717, 1.165) is 11.1 Å². The summed E-state index contributed by atoms with van der Waals surface area (Å²) in [6.45, 7) is 4.02. The van der Waals surface area contributed by atoms with Crippen molar-refractivity contribution in [3.8, 4) is 0 Å². The molecule has 3 rings (SSSR count). The predicted octanol–water partition coefficient (Wildman–Crippen LogP) is 1.73. The van der Waals surface area contributed by atoms with Crippen LogP contribution in [0.1, 0.15) is 11.1 Å². The summed E-state index contributed by atoms with van der Waals surface area (Å²) in [5.41, 5.74) is 8.50. The Hall–Kier alpha value is -2.42. The number of hydrogen-bond donors (Lipinski definition) is 4. The van der Waals surface area contributed by atoms with Crippen molar-refractivity contribution in [2.45, 2.75) is 19.2 Å². The van der Waals surface area contributed by atoms with Gasteiger partial charge in [-0.2, -0.15) is 0 Å². The Morgan fingerprint density at radius 2 is 1.69 bits per heavy atom. The van der Waals surface area contributed by atoms with E-state index in [1.807, 2.05) is 26.0 Å². The molecule has 2 atom stereocenters. The van der Waals surface area contributed by atoms with Gasteiger partial charge in [0, 0.05) is 17.9 Å². The van der Waals surface area contributed by atoms with E-state index in [-0.39, 0.29) is 12.5 Å². The van der Waals surface area contributed by atoms with Crippen LogP contribution < -0.4 is 20.9 Å². The minimum atomic E-state index is -3.82. The molecule has 8 heteroatoms. The lowest BCUT2D eigenvalue weighted by atomic mass is 10.1. The van der Waals surface area contributed by atoms with Gasteiger partial charge in [-0.1, -0.05) is 24.3 Å². The summed E-state index contributed by atoms with van der Waals surface area (Å²) in [6, 6.07) is 14.4. The standard InChI is InChI=1S/C18H22N4O3S/c1-12-8-13(2)10-15(9-12)22-26(24,25)18-16(11-19-21-18)17(23)20-14-6-4-3-5-7-14/h3-10,16,18-19,21-22H,11H2,1-2H3,(H,20,23). The molecule has 1 amide bonds. The lowest BCUT2D eigenvalue weighted by molar-refractivity contribution is -0.119. The Labute approximate surface area is 153 Å². The maximum absolute atomic E-state index is 12.8. The molecule has 0 spiro atoms. The molecule has 138 valence electrons. The van der Waals surface area contributed by atoms with E-state index in [1.54, 1.807) is 36.4 Å². The van der Waals surface area contributed by atoms with Crippen molar-refractivity contribution in [2.24, 2.45) is 5.92 Å². The fourth-order valence-electron chi connectivity index (χ4n) is 3.02. The topological polar surface area (TPSA) is 99.3 Å². The highest BCUT2D eigenvalue weighted by Gasteiger charge is 2.41. The molecule has 4 N–H and O–H groups in total. The first kappa shape index (κ1) is 18.4. The van der Waals surface area contributed by atoms with Crippen LogP contribution in [0.25, 0.3) is 0 Å². The highest BCUT2D eigenvalue weighted by atomic mass is 32.2. The lowest BCUT2D eigenvalue weighted by Gasteiger charge is -2.20. The zero-order valence-corrected chi connectivity index (χ0v) is 15.4. The smallest absolute Gasteiger partial charge is 0.250 e. The van der Waals surface area contributed by atoms with Crippen LogP contribution in [0.4, 0.5) is 11.4 Å². The number of carbonyl (C=O) groups excluding carboxylic acids is 1. The lowest BCUT2D eigenvalue weighted by Crippen LogP contribution is -2.45. The molecule has 0 radical (unpaired) electrons. The first-order chi connectivity index (χ1) is 12.3. The van der Waals surface area contributed by atoms with E-state index in [4.69, 9.17) is 0 Å². The molecule has 0 aromatic heterocycles. The average Bonchev–Trinajstić information content (AvgIpc) is 3.05. The quantitative estimate of drug-likeness (QED) is 0.639. The van der Waals surface area contributed by atoms with Gasteiger partial charge in [0.25, 0.3) is 10.0 Å².